The molecule has 0 aliphatic carbocycles. The average Bonchev–Trinajstić information content (AvgIpc) is 2.40. The summed E-state index contributed by atoms with van der Waals surface area (Å²) in [4.78, 5) is 11.3. The second-order valence-corrected chi connectivity index (χ2v) is 4.77. The molecule has 1 aromatic rings. The zero-order valence-corrected chi connectivity index (χ0v) is 12.5. The van der Waals surface area contributed by atoms with Crippen LogP contribution in [0, 0.1) is 18.3 Å². The first-order valence-corrected chi connectivity index (χ1v) is 6.73. The molecule has 1 rings (SSSR count). The molecule has 0 radical (unpaired) electrons. The Kier molecular flexibility index (Phi) is 5.56. The highest BCUT2D eigenvalue weighted by Gasteiger charge is 2.16. The Morgan fingerprint density at radius 1 is 1.37 bits per heavy atom. The molecule has 1 N–H and O–H groups in total. The SMILES string of the molecule is CCN(CCC#N)c1nc(C(C)C)nc(NC)c1C. The summed E-state index contributed by atoms with van der Waals surface area (Å²) in [5.41, 5.74) is 1.03. The lowest BCUT2D eigenvalue weighted by Gasteiger charge is -2.24. The van der Waals surface area contributed by atoms with Gasteiger partial charge in [0.1, 0.15) is 17.5 Å². The van der Waals surface area contributed by atoms with Gasteiger partial charge in [0, 0.05) is 31.6 Å². The standard InChI is InChI=1S/C14H23N5/c1-6-19(9-7-8-15)14-11(4)13(16-5)17-12(18-14)10(2)3/h10H,6-7,9H2,1-5H3,(H,16,17,18). The molecule has 1 heterocycles. The molecule has 5 heteroatoms. The molecular weight excluding hydrogens is 238 g/mol. The zero-order chi connectivity index (χ0) is 14.4. The third-order valence-corrected chi connectivity index (χ3v) is 3.07. The molecule has 0 saturated carbocycles. The van der Waals surface area contributed by atoms with Crippen LogP contribution in [0.3, 0.4) is 0 Å². The zero-order valence-electron chi connectivity index (χ0n) is 12.5. The summed E-state index contributed by atoms with van der Waals surface area (Å²) in [6.45, 7) is 9.79. The van der Waals surface area contributed by atoms with E-state index in [-0.39, 0.29) is 5.92 Å². The first kappa shape index (κ1) is 15.2. The Bertz CT molecular complexity index is 462. The number of nitriles is 1. The van der Waals surface area contributed by atoms with Crippen molar-refractivity contribution in [1.82, 2.24) is 9.97 Å². The van der Waals surface area contributed by atoms with Gasteiger partial charge in [-0.2, -0.15) is 5.26 Å². The van der Waals surface area contributed by atoms with Gasteiger partial charge in [-0.25, -0.2) is 9.97 Å². The van der Waals surface area contributed by atoms with Crippen LogP contribution < -0.4 is 10.2 Å². The van der Waals surface area contributed by atoms with Crippen molar-refractivity contribution >= 4 is 11.6 Å². The molecule has 0 unspecified atom stereocenters. The average molecular weight is 261 g/mol. The third kappa shape index (κ3) is 3.57. The molecule has 1 aromatic heterocycles. The van der Waals surface area contributed by atoms with Crippen LogP contribution in [0.15, 0.2) is 0 Å². The number of anilines is 2. The highest BCUT2D eigenvalue weighted by molar-refractivity contribution is 5.58. The van der Waals surface area contributed by atoms with Gasteiger partial charge in [-0.05, 0) is 13.8 Å². The molecule has 19 heavy (non-hydrogen) atoms. The Morgan fingerprint density at radius 3 is 2.53 bits per heavy atom. The maximum atomic E-state index is 8.75. The van der Waals surface area contributed by atoms with E-state index in [4.69, 9.17) is 5.26 Å². The third-order valence-electron chi connectivity index (χ3n) is 3.07. The predicted molar refractivity (Wildman–Crippen MR) is 78.5 cm³/mol. The lowest BCUT2D eigenvalue weighted by molar-refractivity contribution is 0.745. The predicted octanol–water partition coefficient (Wildman–Crippen LogP) is 2.69. The number of rotatable bonds is 6. The summed E-state index contributed by atoms with van der Waals surface area (Å²) >= 11 is 0. The first-order valence-electron chi connectivity index (χ1n) is 6.73. The smallest absolute Gasteiger partial charge is 0.137 e. The lowest BCUT2D eigenvalue weighted by Crippen LogP contribution is -2.27. The quantitative estimate of drug-likeness (QED) is 0.853. The van der Waals surface area contributed by atoms with Crippen LogP contribution in [0.1, 0.15) is 44.5 Å². The number of nitrogens with one attached hydrogen (secondary N) is 1. The Hall–Kier alpha value is -1.83. The number of aromatic nitrogens is 2. The Labute approximate surface area is 115 Å². The van der Waals surface area contributed by atoms with Gasteiger partial charge in [0.05, 0.1) is 12.5 Å². The van der Waals surface area contributed by atoms with E-state index in [0.29, 0.717) is 13.0 Å². The van der Waals surface area contributed by atoms with Crippen LogP contribution in [0.4, 0.5) is 11.6 Å². The van der Waals surface area contributed by atoms with Gasteiger partial charge in [-0.3, -0.25) is 0 Å². The van der Waals surface area contributed by atoms with E-state index in [1.807, 2.05) is 14.0 Å². The minimum absolute atomic E-state index is 0.279. The van der Waals surface area contributed by atoms with Gasteiger partial charge >= 0.3 is 0 Å². The van der Waals surface area contributed by atoms with Crippen LogP contribution in [0.5, 0.6) is 0 Å². The molecule has 0 fully saturated rings. The summed E-state index contributed by atoms with van der Waals surface area (Å²) in [5.74, 6) is 2.91. The Balaban J connectivity index is 3.23. The minimum Gasteiger partial charge on any atom is -0.373 e. The van der Waals surface area contributed by atoms with Crippen molar-refractivity contribution in [3.8, 4) is 6.07 Å². The van der Waals surface area contributed by atoms with Gasteiger partial charge in [-0.1, -0.05) is 13.8 Å². The molecular formula is C14H23N5. The van der Waals surface area contributed by atoms with E-state index in [0.717, 1.165) is 29.6 Å². The molecule has 0 spiro atoms. The van der Waals surface area contributed by atoms with Gasteiger partial charge in [-0.15, -0.1) is 0 Å². The fourth-order valence-electron chi connectivity index (χ4n) is 1.93. The largest absolute Gasteiger partial charge is 0.373 e. The van der Waals surface area contributed by atoms with Crippen molar-refractivity contribution in [3.63, 3.8) is 0 Å². The fourth-order valence-corrected chi connectivity index (χ4v) is 1.93. The van der Waals surface area contributed by atoms with Crippen LogP contribution >= 0.6 is 0 Å². The normalized spacial score (nSPS) is 10.4. The topological polar surface area (TPSA) is 64.8 Å². The number of nitrogens with zero attached hydrogens (tertiary/aromatic N) is 4. The fraction of sp³-hybridized carbons (Fsp3) is 0.643. The summed E-state index contributed by atoms with van der Waals surface area (Å²) < 4.78 is 0. The molecule has 0 aliphatic heterocycles. The highest BCUT2D eigenvalue weighted by atomic mass is 15.2. The van der Waals surface area contributed by atoms with Crippen molar-refractivity contribution in [1.29, 1.82) is 5.26 Å². The van der Waals surface area contributed by atoms with Crippen LogP contribution in [-0.4, -0.2) is 30.1 Å². The van der Waals surface area contributed by atoms with E-state index in [1.165, 1.54) is 0 Å². The highest BCUT2D eigenvalue weighted by Crippen LogP contribution is 2.25. The van der Waals surface area contributed by atoms with E-state index in [9.17, 15) is 0 Å². The van der Waals surface area contributed by atoms with E-state index >= 15 is 0 Å². The molecule has 5 nitrogen and oxygen atoms in total. The van der Waals surface area contributed by atoms with Crippen molar-refractivity contribution in [2.24, 2.45) is 0 Å². The van der Waals surface area contributed by atoms with E-state index < -0.39 is 0 Å². The maximum absolute atomic E-state index is 8.75. The molecule has 0 saturated heterocycles. The summed E-state index contributed by atoms with van der Waals surface area (Å²) in [6.07, 6.45) is 0.503. The van der Waals surface area contributed by atoms with Crippen molar-refractivity contribution in [2.45, 2.75) is 40.0 Å². The summed E-state index contributed by atoms with van der Waals surface area (Å²) in [7, 11) is 1.87. The van der Waals surface area contributed by atoms with Crippen molar-refractivity contribution in [3.05, 3.63) is 11.4 Å². The van der Waals surface area contributed by atoms with Crippen LogP contribution in [0.2, 0.25) is 0 Å². The maximum Gasteiger partial charge on any atom is 0.137 e. The Morgan fingerprint density at radius 2 is 2.05 bits per heavy atom. The van der Waals surface area contributed by atoms with E-state index in [2.05, 4.69) is 47.0 Å². The van der Waals surface area contributed by atoms with Crippen molar-refractivity contribution in [2.75, 3.05) is 30.4 Å². The number of hydrogen-bond acceptors (Lipinski definition) is 5. The van der Waals surface area contributed by atoms with Crippen molar-refractivity contribution < 1.29 is 0 Å². The molecule has 0 amide bonds. The van der Waals surface area contributed by atoms with Gasteiger partial charge < -0.3 is 10.2 Å². The second kappa shape index (κ2) is 6.93. The minimum atomic E-state index is 0.279. The monoisotopic (exact) mass is 261 g/mol. The summed E-state index contributed by atoms with van der Waals surface area (Å²) in [5, 5.41) is 11.9. The molecule has 0 aliphatic rings. The molecule has 0 bridgehead atoms. The molecule has 0 atom stereocenters. The number of hydrogen-bond donors (Lipinski definition) is 1. The van der Waals surface area contributed by atoms with E-state index in [1.54, 1.807) is 0 Å². The van der Waals surface area contributed by atoms with Crippen LogP contribution in [-0.2, 0) is 0 Å². The molecule has 0 aromatic carbocycles. The van der Waals surface area contributed by atoms with Gasteiger partial charge in [0.2, 0.25) is 0 Å². The molecule has 104 valence electrons. The van der Waals surface area contributed by atoms with Crippen LogP contribution in [0.25, 0.3) is 0 Å². The first-order chi connectivity index (χ1) is 9.04. The van der Waals surface area contributed by atoms with Gasteiger partial charge in [0.25, 0.3) is 0 Å². The van der Waals surface area contributed by atoms with Gasteiger partial charge in [0.15, 0.2) is 0 Å². The lowest BCUT2D eigenvalue weighted by atomic mass is 10.2. The summed E-state index contributed by atoms with van der Waals surface area (Å²) in [6, 6.07) is 2.19. The second-order valence-electron chi connectivity index (χ2n) is 4.77.